The zero-order chi connectivity index (χ0) is 17.7. The largest absolute Gasteiger partial charge is 0.356 e. The first-order valence-corrected chi connectivity index (χ1v) is 9.80. The molecule has 0 radical (unpaired) electrons. The third-order valence-corrected chi connectivity index (χ3v) is 6.20. The fraction of sp³-hybridized carbons (Fsp3) is 0.444. The van der Waals surface area contributed by atoms with E-state index in [2.05, 4.69) is 54.3 Å². The number of thiazole rings is 1. The molecule has 0 N–H and O–H groups in total. The quantitative estimate of drug-likeness (QED) is 0.708. The summed E-state index contributed by atoms with van der Waals surface area (Å²) in [7, 11) is 0. The standard InChI is InChI=1S/C18H21N7S/c1-12-5-13(2)25(22-12)17-6-16(20-11-21-17)23-7-14-9-24(10-15(14)8-23)18-19-3-4-26-18/h3-6,11,14-15H,7-10H2,1-2H3. The highest BCUT2D eigenvalue weighted by molar-refractivity contribution is 7.13. The summed E-state index contributed by atoms with van der Waals surface area (Å²) in [6, 6.07) is 4.12. The fourth-order valence-electron chi connectivity index (χ4n) is 4.20. The Morgan fingerprint density at radius 3 is 2.31 bits per heavy atom. The third-order valence-electron chi connectivity index (χ3n) is 5.36. The normalized spacial score (nSPS) is 22.2. The van der Waals surface area contributed by atoms with E-state index in [4.69, 9.17) is 0 Å². The molecular weight excluding hydrogens is 346 g/mol. The van der Waals surface area contributed by atoms with Gasteiger partial charge < -0.3 is 9.80 Å². The van der Waals surface area contributed by atoms with Gasteiger partial charge in [-0.25, -0.2) is 19.6 Å². The Morgan fingerprint density at radius 1 is 0.923 bits per heavy atom. The van der Waals surface area contributed by atoms with Crippen LogP contribution in [0, 0.1) is 25.7 Å². The molecule has 5 rings (SSSR count). The van der Waals surface area contributed by atoms with Crippen molar-refractivity contribution in [1.82, 2.24) is 24.7 Å². The minimum absolute atomic E-state index is 0.672. The summed E-state index contributed by atoms with van der Waals surface area (Å²) in [5.41, 5.74) is 2.09. The Hall–Kier alpha value is -2.48. The van der Waals surface area contributed by atoms with E-state index >= 15 is 0 Å². The number of aryl methyl sites for hydroxylation is 2. The molecular formula is C18H21N7S. The molecule has 134 valence electrons. The van der Waals surface area contributed by atoms with E-state index in [9.17, 15) is 0 Å². The maximum absolute atomic E-state index is 4.54. The van der Waals surface area contributed by atoms with Crippen molar-refractivity contribution in [3.05, 3.63) is 41.4 Å². The van der Waals surface area contributed by atoms with Crippen molar-refractivity contribution in [3.63, 3.8) is 0 Å². The summed E-state index contributed by atoms with van der Waals surface area (Å²) in [6.45, 7) is 8.31. The second kappa shape index (κ2) is 6.05. The lowest BCUT2D eigenvalue weighted by molar-refractivity contribution is 0.533. The van der Waals surface area contributed by atoms with E-state index < -0.39 is 0 Å². The molecule has 2 saturated heterocycles. The summed E-state index contributed by atoms with van der Waals surface area (Å²) < 4.78 is 1.89. The number of hydrogen-bond donors (Lipinski definition) is 0. The Bertz CT molecular complexity index is 906. The molecule has 26 heavy (non-hydrogen) atoms. The van der Waals surface area contributed by atoms with Crippen LogP contribution in [0.25, 0.3) is 5.82 Å². The number of aromatic nitrogens is 5. The number of rotatable bonds is 3. The lowest BCUT2D eigenvalue weighted by Crippen LogP contribution is -2.29. The minimum atomic E-state index is 0.672. The average molecular weight is 367 g/mol. The smallest absolute Gasteiger partial charge is 0.185 e. The zero-order valence-corrected chi connectivity index (χ0v) is 15.7. The molecule has 0 aromatic carbocycles. The molecule has 0 bridgehead atoms. The van der Waals surface area contributed by atoms with Crippen LogP contribution in [0.15, 0.2) is 30.0 Å². The zero-order valence-electron chi connectivity index (χ0n) is 14.9. The molecule has 8 heteroatoms. The number of nitrogens with zero attached hydrogens (tertiary/aromatic N) is 7. The Morgan fingerprint density at radius 2 is 1.65 bits per heavy atom. The van der Waals surface area contributed by atoms with Crippen molar-refractivity contribution in [1.29, 1.82) is 0 Å². The lowest BCUT2D eigenvalue weighted by atomic mass is 10.0. The van der Waals surface area contributed by atoms with Crippen LogP contribution in [-0.2, 0) is 0 Å². The molecule has 0 aliphatic carbocycles. The molecule has 3 aromatic heterocycles. The van der Waals surface area contributed by atoms with Gasteiger partial charge >= 0.3 is 0 Å². The van der Waals surface area contributed by atoms with Gasteiger partial charge in [-0.2, -0.15) is 5.10 Å². The van der Waals surface area contributed by atoms with E-state index in [1.165, 1.54) is 0 Å². The monoisotopic (exact) mass is 367 g/mol. The highest BCUT2D eigenvalue weighted by atomic mass is 32.1. The van der Waals surface area contributed by atoms with E-state index in [0.717, 1.165) is 54.3 Å². The van der Waals surface area contributed by atoms with E-state index in [-0.39, 0.29) is 0 Å². The van der Waals surface area contributed by atoms with Gasteiger partial charge in [0.2, 0.25) is 0 Å². The van der Waals surface area contributed by atoms with Gasteiger partial charge in [0.25, 0.3) is 0 Å². The summed E-state index contributed by atoms with van der Waals surface area (Å²) in [4.78, 5) is 18.2. The molecule has 2 unspecified atom stereocenters. The van der Waals surface area contributed by atoms with E-state index in [1.807, 2.05) is 17.8 Å². The number of anilines is 2. The van der Waals surface area contributed by atoms with Crippen LogP contribution >= 0.6 is 11.3 Å². The molecule has 0 amide bonds. The summed E-state index contributed by atoms with van der Waals surface area (Å²) in [6.07, 6.45) is 3.54. The maximum atomic E-state index is 4.54. The molecule has 3 aromatic rings. The summed E-state index contributed by atoms with van der Waals surface area (Å²) >= 11 is 1.73. The van der Waals surface area contributed by atoms with Gasteiger partial charge in [0.15, 0.2) is 10.9 Å². The Kier molecular flexibility index (Phi) is 3.66. The van der Waals surface area contributed by atoms with Crippen LogP contribution in [-0.4, -0.2) is 50.9 Å². The topological polar surface area (TPSA) is 63.0 Å². The lowest BCUT2D eigenvalue weighted by Gasteiger charge is -2.22. The second-order valence-electron chi connectivity index (χ2n) is 7.22. The van der Waals surface area contributed by atoms with Gasteiger partial charge in [-0.15, -0.1) is 11.3 Å². The van der Waals surface area contributed by atoms with Crippen LogP contribution in [0.2, 0.25) is 0 Å². The molecule has 0 saturated carbocycles. The van der Waals surface area contributed by atoms with Crippen molar-refractivity contribution in [3.8, 4) is 5.82 Å². The molecule has 7 nitrogen and oxygen atoms in total. The third kappa shape index (κ3) is 2.65. The number of fused-ring (bicyclic) bond motifs is 1. The first-order valence-electron chi connectivity index (χ1n) is 8.92. The maximum Gasteiger partial charge on any atom is 0.185 e. The van der Waals surface area contributed by atoms with Gasteiger partial charge in [0.1, 0.15) is 12.1 Å². The molecule has 0 spiro atoms. The highest BCUT2D eigenvalue weighted by Gasteiger charge is 2.41. The van der Waals surface area contributed by atoms with Gasteiger partial charge in [-0.3, -0.25) is 0 Å². The molecule has 5 heterocycles. The predicted octanol–water partition coefficient (Wildman–Crippen LogP) is 2.31. The van der Waals surface area contributed by atoms with Crippen molar-refractivity contribution < 1.29 is 0 Å². The van der Waals surface area contributed by atoms with Crippen LogP contribution in [0.3, 0.4) is 0 Å². The van der Waals surface area contributed by atoms with Crippen molar-refractivity contribution in [2.75, 3.05) is 36.0 Å². The van der Waals surface area contributed by atoms with E-state index in [1.54, 1.807) is 17.7 Å². The first kappa shape index (κ1) is 15.7. The van der Waals surface area contributed by atoms with E-state index in [0.29, 0.717) is 11.8 Å². The van der Waals surface area contributed by atoms with Gasteiger partial charge in [-0.05, 0) is 19.9 Å². The molecule has 2 fully saturated rings. The van der Waals surface area contributed by atoms with Gasteiger partial charge in [0.05, 0.1) is 5.69 Å². The van der Waals surface area contributed by atoms with Gasteiger partial charge in [0, 0.05) is 61.4 Å². The van der Waals surface area contributed by atoms with Crippen molar-refractivity contribution in [2.45, 2.75) is 13.8 Å². The Balaban J connectivity index is 1.33. The summed E-state index contributed by atoms with van der Waals surface area (Å²) in [5, 5.41) is 7.74. The first-order chi connectivity index (χ1) is 12.7. The van der Waals surface area contributed by atoms with Crippen LogP contribution in [0.4, 0.5) is 10.9 Å². The van der Waals surface area contributed by atoms with Crippen molar-refractivity contribution >= 4 is 22.3 Å². The fourth-order valence-corrected chi connectivity index (χ4v) is 4.86. The second-order valence-corrected chi connectivity index (χ2v) is 8.09. The molecule has 2 aliphatic heterocycles. The molecule has 2 atom stereocenters. The van der Waals surface area contributed by atoms with Crippen LogP contribution in [0.1, 0.15) is 11.4 Å². The SMILES string of the molecule is Cc1cc(C)n(-c2cc(N3CC4CN(c5nccs5)CC4C3)ncn2)n1. The summed E-state index contributed by atoms with van der Waals surface area (Å²) in [5.74, 6) is 3.18. The van der Waals surface area contributed by atoms with Crippen molar-refractivity contribution in [2.24, 2.45) is 11.8 Å². The van der Waals surface area contributed by atoms with Crippen LogP contribution < -0.4 is 9.80 Å². The average Bonchev–Trinajstić information content (AvgIpc) is 3.37. The van der Waals surface area contributed by atoms with Crippen LogP contribution in [0.5, 0.6) is 0 Å². The predicted molar refractivity (Wildman–Crippen MR) is 102 cm³/mol. The molecule has 2 aliphatic rings. The minimum Gasteiger partial charge on any atom is -0.356 e. The Labute approximate surface area is 156 Å². The highest BCUT2D eigenvalue weighted by Crippen LogP contribution is 2.36. The number of hydrogen-bond acceptors (Lipinski definition) is 7. The van der Waals surface area contributed by atoms with Gasteiger partial charge in [-0.1, -0.05) is 0 Å².